The van der Waals surface area contributed by atoms with Gasteiger partial charge in [-0.05, 0) is 79.2 Å². The summed E-state index contributed by atoms with van der Waals surface area (Å²) in [5, 5.41) is 4.01. The second-order valence-corrected chi connectivity index (χ2v) is 8.92. The molecule has 2 fully saturated rings. The van der Waals surface area contributed by atoms with Crippen molar-refractivity contribution < 1.29 is 0 Å². The predicted molar refractivity (Wildman–Crippen MR) is 102 cm³/mol. The van der Waals surface area contributed by atoms with Crippen LogP contribution in [0.1, 0.15) is 66.7 Å². The lowest BCUT2D eigenvalue weighted by Gasteiger charge is -2.32. The quantitative estimate of drug-likeness (QED) is 0.787. The standard InChI is InChI=1S/C24H27N/c1-3-7-21-18(5-1)20-15-24(21,22-8-4-2-6-19(20)22)13-14-25-23(16-9-10-16)17-11-12-17/h1-8,16-17,20,23,25H,9-15H2. The fourth-order valence-corrected chi connectivity index (χ4v) is 6.03. The summed E-state index contributed by atoms with van der Waals surface area (Å²) >= 11 is 0. The molecule has 2 aromatic rings. The van der Waals surface area contributed by atoms with Crippen LogP contribution >= 0.6 is 0 Å². The summed E-state index contributed by atoms with van der Waals surface area (Å²) < 4.78 is 0. The van der Waals surface area contributed by atoms with Crippen LogP contribution in [0.5, 0.6) is 0 Å². The number of hydrogen-bond donors (Lipinski definition) is 1. The van der Waals surface area contributed by atoms with Crippen molar-refractivity contribution in [1.82, 2.24) is 5.32 Å². The SMILES string of the molecule is c1ccc2c(c1)C1CC2(CCNC(C2CC2)C2CC2)c2ccccc21. The third-order valence-corrected chi connectivity index (χ3v) is 7.45. The molecular formula is C24H27N. The largest absolute Gasteiger partial charge is 0.313 e. The van der Waals surface area contributed by atoms with E-state index in [-0.39, 0.29) is 5.41 Å². The van der Waals surface area contributed by atoms with Crippen LogP contribution in [0.4, 0.5) is 0 Å². The minimum absolute atomic E-state index is 0.266. The van der Waals surface area contributed by atoms with Crippen LogP contribution in [0.15, 0.2) is 48.5 Å². The Bertz CT molecular complexity index is 755. The van der Waals surface area contributed by atoms with E-state index >= 15 is 0 Å². The molecule has 0 atom stereocenters. The Morgan fingerprint density at radius 2 is 1.40 bits per heavy atom. The van der Waals surface area contributed by atoms with Crippen molar-refractivity contribution in [3.63, 3.8) is 0 Å². The summed E-state index contributed by atoms with van der Waals surface area (Å²) in [5.74, 6) is 2.61. The first-order valence-corrected chi connectivity index (χ1v) is 10.3. The number of hydrogen-bond acceptors (Lipinski definition) is 1. The normalized spacial score (nSPS) is 29.1. The molecule has 1 N–H and O–H groups in total. The highest BCUT2D eigenvalue weighted by molar-refractivity contribution is 5.62. The minimum Gasteiger partial charge on any atom is -0.313 e. The van der Waals surface area contributed by atoms with Crippen molar-refractivity contribution in [2.24, 2.45) is 11.8 Å². The second-order valence-electron chi connectivity index (χ2n) is 8.92. The molecule has 0 heterocycles. The fourth-order valence-electron chi connectivity index (χ4n) is 6.03. The Morgan fingerprint density at radius 1 is 0.840 bits per heavy atom. The van der Waals surface area contributed by atoms with E-state index in [1.54, 1.807) is 22.3 Å². The van der Waals surface area contributed by atoms with E-state index in [4.69, 9.17) is 0 Å². The number of benzene rings is 2. The first-order valence-electron chi connectivity index (χ1n) is 10.3. The van der Waals surface area contributed by atoms with E-state index in [2.05, 4.69) is 53.8 Å². The van der Waals surface area contributed by atoms with Gasteiger partial charge in [0.25, 0.3) is 0 Å². The van der Waals surface area contributed by atoms with Gasteiger partial charge in [0.1, 0.15) is 0 Å². The van der Waals surface area contributed by atoms with Crippen LogP contribution in [0.25, 0.3) is 0 Å². The van der Waals surface area contributed by atoms with E-state index < -0.39 is 0 Å². The van der Waals surface area contributed by atoms with Crippen LogP contribution in [-0.2, 0) is 5.41 Å². The molecule has 0 unspecified atom stereocenters. The highest BCUT2D eigenvalue weighted by atomic mass is 14.9. The zero-order valence-electron chi connectivity index (χ0n) is 14.9. The molecule has 0 amide bonds. The lowest BCUT2D eigenvalue weighted by molar-refractivity contribution is 0.382. The van der Waals surface area contributed by atoms with E-state index in [9.17, 15) is 0 Å². The van der Waals surface area contributed by atoms with Gasteiger partial charge in [-0.2, -0.15) is 0 Å². The van der Waals surface area contributed by atoms with Gasteiger partial charge in [-0.3, -0.25) is 0 Å². The van der Waals surface area contributed by atoms with Crippen LogP contribution < -0.4 is 5.32 Å². The van der Waals surface area contributed by atoms with Gasteiger partial charge < -0.3 is 5.32 Å². The van der Waals surface area contributed by atoms with E-state index in [0.29, 0.717) is 5.92 Å². The van der Waals surface area contributed by atoms with Gasteiger partial charge in [-0.15, -0.1) is 0 Å². The Hall–Kier alpha value is -1.60. The highest BCUT2D eigenvalue weighted by Gasteiger charge is 2.52. The zero-order valence-corrected chi connectivity index (χ0v) is 14.9. The summed E-state index contributed by atoms with van der Waals surface area (Å²) in [4.78, 5) is 0. The molecule has 0 aromatic heterocycles. The van der Waals surface area contributed by atoms with Crippen LogP contribution in [0.3, 0.4) is 0 Å². The Kier molecular flexibility index (Phi) is 3.03. The molecule has 128 valence electrons. The Morgan fingerprint density at radius 3 is 1.96 bits per heavy atom. The van der Waals surface area contributed by atoms with E-state index in [0.717, 1.165) is 17.9 Å². The molecule has 1 heteroatoms. The molecule has 6 rings (SSSR count). The lowest BCUT2D eigenvalue weighted by Crippen LogP contribution is -2.37. The van der Waals surface area contributed by atoms with Crippen LogP contribution in [0.2, 0.25) is 0 Å². The van der Waals surface area contributed by atoms with Crippen molar-refractivity contribution in [2.45, 2.75) is 55.9 Å². The molecule has 2 aromatic carbocycles. The average Bonchev–Trinajstić information content (AvgIpc) is 3.59. The van der Waals surface area contributed by atoms with Gasteiger partial charge in [-0.1, -0.05) is 48.5 Å². The lowest BCUT2D eigenvalue weighted by atomic mass is 9.73. The smallest absolute Gasteiger partial charge is 0.0229 e. The monoisotopic (exact) mass is 329 g/mol. The molecule has 0 spiro atoms. The summed E-state index contributed by atoms with van der Waals surface area (Å²) in [6.45, 7) is 1.17. The topological polar surface area (TPSA) is 12.0 Å². The molecular weight excluding hydrogens is 302 g/mol. The maximum atomic E-state index is 4.01. The van der Waals surface area contributed by atoms with Crippen molar-refractivity contribution >= 4 is 0 Å². The Labute approximate surface area is 150 Å². The number of nitrogens with one attached hydrogen (secondary N) is 1. The van der Waals surface area contributed by atoms with Gasteiger partial charge >= 0.3 is 0 Å². The van der Waals surface area contributed by atoms with Crippen molar-refractivity contribution in [2.75, 3.05) is 6.54 Å². The molecule has 4 aliphatic rings. The molecule has 2 saturated carbocycles. The molecule has 4 aliphatic carbocycles. The van der Waals surface area contributed by atoms with E-state index in [1.807, 2.05) is 0 Å². The maximum Gasteiger partial charge on any atom is 0.0229 e. The van der Waals surface area contributed by atoms with Crippen molar-refractivity contribution in [3.8, 4) is 0 Å². The zero-order chi connectivity index (χ0) is 16.4. The summed E-state index contributed by atoms with van der Waals surface area (Å²) in [6, 6.07) is 19.3. The third-order valence-electron chi connectivity index (χ3n) is 7.45. The fraction of sp³-hybridized carbons (Fsp3) is 0.500. The van der Waals surface area contributed by atoms with Gasteiger partial charge in [0, 0.05) is 17.4 Å². The van der Waals surface area contributed by atoms with Gasteiger partial charge in [0.2, 0.25) is 0 Å². The maximum absolute atomic E-state index is 4.01. The first kappa shape index (κ1) is 14.6. The van der Waals surface area contributed by atoms with E-state index in [1.165, 1.54) is 45.1 Å². The first-order chi connectivity index (χ1) is 12.4. The van der Waals surface area contributed by atoms with Gasteiger partial charge in [0.05, 0.1) is 0 Å². The number of rotatable bonds is 6. The third kappa shape index (κ3) is 2.11. The number of fused-ring (bicyclic) bond motifs is 8. The highest BCUT2D eigenvalue weighted by Crippen LogP contribution is 2.61. The van der Waals surface area contributed by atoms with Crippen LogP contribution in [0, 0.1) is 11.8 Å². The minimum atomic E-state index is 0.266. The molecule has 0 radical (unpaired) electrons. The summed E-state index contributed by atoms with van der Waals surface area (Å²) in [5.41, 5.74) is 6.71. The average molecular weight is 329 g/mol. The molecule has 0 saturated heterocycles. The van der Waals surface area contributed by atoms with Gasteiger partial charge in [-0.25, -0.2) is 0 Å². The van der Waals surface area contributed by atoms with Crippen LogP contribution in [-0.4, -0.2) is 12.6 Å². The second kappa shape index (κ2) is 5.20. The summed E-state index contributed by atoms with van der Waals surface area (Å²) in [6.07, 6.45) is 8.42. The van der Waals surface area contributed by atoms with Crippen molar-refractivity contribution in [3.05, 3.63) is 70.8 Å². The molecule has 2 bridgehead atoms. The molecule has 25 heavy (non-hydrogen) atoms. The Balaban J connectivity index is 1.31. The summed E-state index contributed by atoms with van der Waals surface area (Å²) in [7, 11) is 0. The van der Waals surface area contributed by atoms with Gasteiger partial charge in [0.15, 0.2) is 0 Å². The predicted octanol–water partition coefficient (Wildman–Crippen LogP) is 4.99. The molecule has 1 nitrogen and oxygen atoms in total. The molecule has 0 aliphatic heterocycles. The van der Waals surface area contributed by atoms with Crippen molar-refractivity contribution in [1.29, 1.82) is 0 Å².